The first-order chi connectivity index (χ1) is 13.2. The van der Waals surface area contributed by atoms with Crippen LogP contribution < -0.4 is 5.32 Å². The molecule has 1 saturated heterocycles. The minimum Gasteiger partial charge on any atom is -0.469 e. The molecule has 2 aliphatic rings. The standard InChI is InChI=1S/C19H25N5O3/c1-27-17(25)9-14-5-6-15(23(14)12-13-3-4-13)10-21-19(26)16-11-22-24-8-2-7-20-18(16)24/h2,7-8,11,13-15H,3-6,9-10,12H2,1H3,(H,21,26)/t14-,15+/m1/s1. The lowest BCUT2D eigenvalue weighted by atomic mass is 10.1. The van der Waals surface area contributed by atoms with Crippen LogP contribution in [0.15, 0.2) is 24.7 Å². The second-order valence-electron chi connectivity index (χ2n) is 7.46. The highest BCUT2D eigenvalue weighted by atomic mass is 16.5. The van der Waals surface area contributed by atoms with Crippen molar-refractivity contribution in [2.24, 2.45) is 5.92 Å². The maximum atomic E-state index is 12.6. The Balaban J connectivity index is 1.40. The van der Waals surface area contributed by atoms with Crippen LogP contribution in [0.4, 0.5) is 0 Å². The molecule has 0 bridgehead atoms. The zero-order valence-corrected chi connectivity index (χ0v) is 15.5. The fourth-order valence-corrected chi connectivity index (χ4v) is 3.92. The molecule has 0 unspecified atom stereocenters. The maximum absolute atomic E-state index is 12.6. The summed E-state index contributed by atoms with van der Waals surface area (Å²) in [6.07, 6.45) is 9.84. The molecule has 0 radical (unpaired) electrons. The average Bonchev–Trinajstić information content (AvgIpc) is 3.28. The molecule has 0 aromatic carbocycles. The Morgan fingerprint density at radius 3 is 2.85 bits per heavy atom. The number of nitrogens with zero attached hydrogens (tertiary/aromatic N) is 4. The Bertz CT molecular complexity index is 832. The van der Waals surface area contributed by atoms with E-state index in [9.17, 15) is 9.59 Å². The van der Waals surface area contributed by atoms with Gasteiger partial charge in [0.2, 0.25) is 0 Å². The van der Waals surface area contributed by atoms with Crippen molar-refractivity contribution in [3.05, 3.63) is 30.2 Å². The first-order valence-electron chi connectivity index (χ1n) is 9.55. The van der Waals surface area contributed by atoms with Crippen LogP contribution in [-0.2, 0) is 9.53 Å². The van der Waals surface area contributed by atoms with Crippen LogP contribution in [-0.4, -0.2) is 63.7 Å². The Kier molecular flexibility index (Phi) is 5.07. The average molecular weight is 371 g/mol. The van der Waals surface area contributed by atoms with Gasteiger partial charge in [0.1, 0.15) is 5.56 Å². The summed E-state index contributed by atoms with van der Waals surface area (Å²) in [6.45, 7) is 1.56. The number of hydrogen-bond donors (Lipinski definition) is 1. The van der Waals surface area contributed by atoms with Crippen LogP contribution in [0.5, 0.6) is 0 Å². The highest BCUT2D eigenvalue weighted by Gasteiger charge is 2.38. The molecule has 1 aliphatic heterocycles. The Hall–Kier alpha value is -2.48. The van der Waals surface area contributed by atoms with Gasteiger partial charge in [-0.3, -0.25) is 14.5 Å². The molecule has 3 heterocycles. The third kappa shape index (κ3) is 3.95. The Labute approximate surface area is 157 Å². The van der Waals surface area contributed by atoms with Crippen LogP contribution in [0.25, 0.3) is 5.65 Å². The van der Waals surface area contributed by atoms with E-state index in [-0.39, 0.29) is 24.0 Å². The van der Waals surface area contributed by atoms with Gasteiger partial charge < -0.3 is 10.1 Å². The third-order valence-corrected chi connectivity index (χ3v) is 5.59. The number of aromatic nitrogens is 3. The lowest BCUT2D eigenvalue weighted by molar-refractivity contribution is -0.141. The summed E-state index contributed by atoms with van der Waals surface area (Å²) in [5.74, 6) is 0.402. The SMILES string of the molecule is COC(=O)C[C@H]1CC[C@@H](CNC(=O)c2cnn3cccnc23)N1CC1CC1. The number of amides is 1. The van der Waals surface area contributed by atoms with Crippen molar-refractivity contribution in [1.82, 2.24) is 24.8 Å². The molecule has 2 fully saturated rings. The first-order valence-corrected chi connectivity index (χ1v) is 9.55. The van der Waals surface area contributed by atoms with Gasteiger partial charge in [0.15, 0.2) is 5.65 Å². The summed E-state index contributed by atoms with van der Waals surface area (Å²) in [7, 11) is 1.44. The van der Waals surface area contributed by atoms with Gasteiger partial charge in [0.25, 0.3) is 5.91 Å². The number of likely N-dealkylation sites (tertiary alicyclic amines) is 1. The summed E-state index contributed by atoms with van der Waals surface area (Å²) in [4.78, 5) is 31.0. The molecular weight excluding hydrogens is 346 g/mol. The fourth-order valence-electron chi connectivity index (χ4n) is 3.92. The summed E-state index contributed by atoms with van der Waals surface area (Å²) >= 11 is 0. The van der Waals surface area contributed by atoms with Crippen molar-refractivity contribution < 1.29 is 14.3 Å². The van der Waals surface area contributed by atoms with Crippen molar-refractivity contribution in [2.75, 3.05) is 20.2 Å². The highest BCUT2D eigenvalue weighted by molar-refractivity contribution is 5.99. The number of rotatable bonds is 7. The molecular formula is C19H25N5O3. The second-order valence-corrected chi connectivity index (χ2v) is 7.46. The van der Waals surface area contributed by atoms with E-state index < -0.39 is 0 Å². The number of esters is 1. The largest absolute Gasteiger partial charge is 0.469 e. The van der Waals surface area contributed by atoms with Crippen LogP contribution in [0.1, 0.15) is 42.5 Å². The minimum absolute atomic E-state index is 0.161. The Morgan fingerprint density at radius 2 is 2.07 bits per heavy atom. The zero-order chi connectivity index (χ0) is 18.8. The van der Waals surface area contributed by atoms with E-state index in [1.165, 1.54) is 20.0 Å². The van der Waals surface area contributed by atoms with Gasteiger partial charge >= 0.3 is 5.97 Å². The monoisotopic (exact) mass is 371 g/mol. The van der Waals surface area contributed by atoms with Gasteiger partial charge in [-0.25, -0.2) is 9.50 Å². The smallest absolute Gasteiger partial charge is 0.307 e. The summed E-state index contributed by atoms with van der Waals surface area (Å²) < 4.78 is 6.45. The molecule has 8 heteroatoms. The van der Waals surface area contributed by atoms with E-state index in [2.05, 4.69) is 20.3 Å². The lowest BCUT2D eigenvalue weighted by Gasteiger charge is -2.30. The summed E-state index contributed by atoms with van der Waals surface area (Å²) in [5, 5.41) is 7.21. The van der Waals surface area contributed by atoms with Crippen molar-refractivity contribution in [1.29, 1.82) is 0 Å². The van der Waals surface area contributed by atoms with Crippen LogP contribution in [0.2, 0.25) is 0 Å². The van der Waals surface area contributed by atoms with E-state index >= 15 is 0 Å². The molecule has 2 aromatic rings. The zero-order valence-electron chi connectivity index (χ0n) is 15.5. The normalized spacial score (nSPS) is 22.9. The fraction of sp³-hybridized carbons (Fsp3) is 0.579. The molecule has 1 saturated carbocycles. The maximum Gasteiger partial charge on any atom is 0.307 e. The molecule has 0 spiro atoms. The minimum atomic E-state index is -0.164. The molecule has 2 atom stereocenters. The number of nitrogens with one attached hydrogen (secondary N) is 1. The number of hydrogen-bond acceptors (Lipinski definition) is 6. The number of carbonyl (C=O) groups is 2. The molecule has 27 heavy (non-hydrogen) atoms. The van der Waals surface area contributed by atoms with Gasteiger partial charge in [-0.1, -0.05) is 0 Å². The van der Waals surface area contributed by atoms with Crippen molar-refractivity contribution in [2.45, 2.75) is 44.2 Å². The summed E-state index contributed by atoms with van der Waals surface area (Å²) in [5.41, 5.74) is 1.04. The second kappa shape index (κ2) is 7.64. The molecule has 1 amide bonds. The van der Waals surface area contributed by atoms with E-state index in [1.807, 2.05) is 0 Å². The van der Waals surface area contributed by atoms with Gasteiger partial charge in [-0.15, -0.1) is 0 Å². The van der Waals surface area contributed by atoms with E-state index in [0.717, 1.165) is 25.3 Å². The molecule has 2 aromatic heterocycles. The van der Waals surface area contributed by atoms with Crippen molar-refractivity contribution >= 4 is 17.5 Å². The van der Waals surface area contributed by atoms with E-state index in [4.69, 9.17) is 4.74 Å². The van der Waals surface area contributed by atoms with E-state index in [0.29, 0.717) is 24.2 Å². The predicted octanol–water partition coefficient (Wildman–Crippen LogP) is 1.27. The number of methoxy groups -OCH3 is 1. The van der Waals surface area contributed by atoms with Crippen molar-refractivity contribution in [3.63, 3.8) is 0 Å². The quantitative estimate of drug-likeness (QED) is 0.737. The molecule has 1 N–H and O–H groups in total. The van der Waals surface area contributed by atoms with Crippen molar-refractivity contribution in [3.8, 4) is 0 Å². The van der Waals surface area contributed by atoms with Crippen LogP contribution in [0, 0.1) is 5.92 Å². The first kappa shape index (κ1) is 17.9. The topological polar surface area (TPSA) is 88.8 Å². The number of fused-ring (bicyclic) bond motifs is 1. The van der Waals surface area contributed by atoms with Gasteiger partial charge in [-0.2, -0.15) is 5.10 Å². The highest BCUT2D eigenvalue weighted by Crippen LogP contribution is 2.35. The number of ether oxygens (including phenoxy) is 1. The molecule has 4 rings (SSSR count). The lowest BCUT2D eigenvalue weighted by Crippen LogP contribution is -2.44. The van der Waals surface area contributed by atoms with Gasteiger partial charge in [0, 0.05) is 37.6 Å². The third-order valence-electron chi connectivity index (χ3n) is 5.59. The molecule has 144 valence electrons. The molecule has 1 aliphatic carbocycles. The van der Waals surface area contributed by atoms with E-state index in [1.54, 1.807) is 29.2 Å². The number of carbonyl (C=O) groups excluding carboxylic acids is 2. The summed E-state index contributed by atoms with van der Waals surface area (Å²) in [6, 6.07) is 2.23. The van der Waals surface area contributed by atoms with Crippen LogP contribution in [0.3, 0.4) is 0 Å². The predicted molar refractivity (Wildman–Crippen MR) is 98.2 cm³/mol. The Morgan fingerprint density at radius 1 is 1.26 bits per heavy atom. The molecule has 8 nitrogen and oxygen atoms in total. The van der Waals surface area contributed by atoms with Crippen LogP contribution >= 0.6 is 0 Å². The van der Waals surface area contributed by atoms with Gasteiger partial charge in [0.05, 0.1) is 19.7 Å². The van der Waals surface area contributed by atoms with Gasteiger partial charge in [-0.05, 0) is 37.7 Å².